The van der Waals surface area contributed by atoms with Crippen molar-refractivity contribution in [1.82, 2.24) is 4.98 Å². The van der Waals surface area contributed by atoms with Crippen LogP contribution in [0, 0.1) is 18.3 Å². The van der Waals surface area contributed by atoms with Gasteiger partial charge in [-0.1, -0.05) is 19.1 Å². The van der Waals surface area contributed by atoms with Crippen molar-refractivity contribution in [2.24, 2.45) is 0 Å². The predicted octanol–water partition coefficient (Wildman–Crippen LogP) is 4.10. The Morgan fingerprint density at radius 1 is 1.35 bits per heavy atom. The summed E-state index contributed by atoms with van der Waals surface area (Å²) in [5.74, 6) is 1.07. The molecule has 0 N–H and O–H groups in total. The molecule has 4 heteroatoms. The lowest BCUT2D eigenvalue weighted by Crippen LogP contribution is -1.82. The van der Waals surface area contributed by atoms with Gasteiger partial charge in [0.05, 0.1) is 10.7 Å². The van der Waals surface area contributed by atoms with Gasteiger partial charge in [0.2, 0.25) is 0 Å². The highest BCUT2D eigenvalue weighted by molar-refractivity contribution is 7.99. The van der Waals surface area contributed by atoms with E-state index < -0.39 is 0 Å². The molecule has 2 nitrogen and oxygen atoms in total. The van der Waals surface area contributed by atoms with E-state index in [1.54, 1.807) is 0 Å². The first kappa shape index (κ1) is 12.2. The van der Waals surface area contributed by atoms with Crippen LogP contribution in [0.4, 0.5) is 0 Å². The normalized spacial score (nSPS) is 10.2. The molecule has 0 aliphatic heterocycles. The number of thioether (sulfide) groups is 1. The van der Waals surface area contributed by atoms with Crippen LogP contribution in [0.5, 0.6) is 0 Å². The van der Waals surface area contributed by atoms with Crippen molar-refractivity contribution in [1.29, 1.82) is 5.26 Å². The second kappa shape index (κ2) is 5.35. The third-order valence-electron chi connectivity index (χ3n) is 2.27. The van der Waals surface area contributed by atoms with Gasteiger partial charge in [-0.05, 0) is 24.8 Å². The summed E-state index contributed by atoms with van der Waals surface area (Å²) in [6.45, 7) is 4.06. The number of aryl methyl sites for hydroxylation is 1. The fourth-order valence-corrected chi connectivity index (χ4v) is 2.97. The second-order valence-corrected chi connectivity index (χ2v) is 6.02. The number of hydrogen-bond acceptors (Lipinski definition) is 4. The Kier molecular flexibility index (Phi) is 3.82. The van der Waals surface area contributed by atoms with E-state index in [9.17, 15) is 0 Å². The Bertz CT molecular complexity index is 550. The molecule has 17 heavy (non-hydrogen) atoms. The predicted molar refractivity (Wildman–Crippen MR) is 73.4 cm³/mol. The van der Waals surface area contributed by atoms with Crippen LogP contribution in [0.25, 0.3) is 11.3 Å². The van der Waals surface area contributed by atoms with Gasteiger partial charge in [0, 0.05) is 10.5 Å². The third-order valence-corrected chi connectivity index (χ3v) is 4.04. The molecule has 0 amide bonds. The second-order valence-electron chi connectivity index (χ2n) is 3.48. The molecule has 86 valence electrons. The van der Waals surface area contributed by atoms with E-state index in [2.05, 4.69) is 30.1 Å². The van der Waals surface area contributed by atoms with Gasteiger partial charge in [0.25, 0.3) is 0 Å². The Labute approximate surface area is 109 Å². The minimum atomic E-state index is 0.693. The average molecular weight is 260 g/mol. The van der Waals surface area contributed by atoms with Gasteiger partial charge in [-0.3, -0.25) is 0 Å². The maximum absolute atomic E-state index is 9.05. The van der Waals surface area contributed by atoms with Gasteiger partial charge in [-0.15, -0.1) is 23.1 Å². The number of aromatic nitrogens is 1. The molecule has 0 aliphatic carbocycles. The van der Waals surface area contributed by atoms with Gasteiger partial charge >= 0.3 is 0 Å². The largest absolute Gasteiger partial charge is 0.240 e. The van der Waals surface area contributed by atoms with Crippen LogP contribution in [-0.4, -0.2) is 10.7 Å². The number of hydrogen-bond donors (Lipinski definition) is 0. The molecule has 1 aromatic carbocycles. The fourth-order valence-electron chi connectivity index (χ4n) is 1.57. The fraction of sp³-hybridized carbons (Fsp3) is 0.231. The molecule has 0 aliphatic rings. The Hall–Kier alpha value is -1.31. The molecule has 2 aromatic rings. The van der Waals surface area contributed by atoms with E-state index in [4.69, 9.17) is 5.26 Å². The van der Waals surface area contributed by atoms with Crippen LogP contribution < -0.4 is 0 Å². The molecule has 1 heterocycles. The summed E-state index contributed by atoms with van der Waals surface area (Å²) < 4.78 is 0. The van der Waals surface area contributed by atoms with Crippen LogP contribution >= 0.6 is 23.1 Å². The Morgan fingerprint density at radius 3 is 2.65 bits per heavy atom. The Balaban J connectivity index is 2.36. The summed E-state index contributed by atoms with van der Waals surface area (Å²) in [4.78, 5) is 6.36. The minimum absolute atomic E-state index is 0.693. The zero-order valence-electron chi connectivity index (χ0n) is 9.73. The Morgan fingerprint density at radius 2 is 2.06 bits per heavy atom. The van der Waals surface area contributed by atoms with Crippen LogP contribution in [0.15, 0.2) is 29.2 Å². The number of rotatable bonds is 3. The van der Waals surface area contributed by atoms with Crippen molar-refractivity contribution in [3.63, 3.8) is 0 Å². The minimum Gasteiger partial charge on any atom is -0.240 e. The smallest absolute Gasteiger partial charge is 0.132 e. The topological polar surface area (TPSA) is 36.7 Å². The van der Waals surface area contributed by atoms with Crippen molar-refractivity contribution in [2.75, 3.05) is 5.75 Å². The maximum Gasteiger partial charge on any atom is 0.132 e. The van der Waals surface area contributed by atoms with Crippen LogP contribution in [-0.2, 0) is 0 Å². The summed E-state index contributed by atoms with van der Waals surface area (Å²) in [6.07, 6.45) is 0. The first-order chi connectivity index (χ1) is 8.24. The maximum atomic E-state index is 9.05. The number of benzene rings is 1. The molecule has 0 fully saturated rings. The van der Waals surface area contributed by atoms with E-state index in [1.165, 1.54) is 16.2 Å². The summed E-state index contributed by atoms with van der Waals surface area (Å²) in [6, 6.07) is 10.4. The zero-order valence-corrected chi connectivity index (χ0v) is 11.4. The average Bonchev–Trinajstić information content (AvgIpc) is 2.72. The quantitative estimate of drug-likeness (QED) is 0.779. The highest BCUT2D eigenvalue weighted by Gasteiger charge is 2.10. The molecular formula is C13H12N2S2. The lowest BCUT2D eigenvalue weighted by Gasteiger charge is -2.00. The lowest BCUT2D eigenvalue weighted by atomic mass is 10.1. The highest BCUT2D eigenvalue weighted by atomic mass is 32.2. The van der Waals surface area contributed by atoms with E-state index in [1.807, 2.05) is 30.8 Å². The van der Waals surface area contributed by atoms with Crippen molar-refractivity contribution >= 4 is 23.1 Å². The van der Waals surface area contributed by atoms with Crippen LogP contribution in [0.3, 0.4) is 0 Å². The molecule has 0 spiro atoms. The monoisotopic (exact) mass is 260 g/mol. The van der Waals surface area contributed by atoms with Gasteiger partial charge in [-0.25, -0.2) is 4.98 Å². The molecular weight excluding hydrogens is 248 g/mol. The molecule has 0 saturated heterocycles. The van der Waals surface area contributed by atoms with Gasteiger partial charge in [0.15, 0.2) is 0 Å². The summed E-state index contributed by atoms with van der Waals surface area (Å²) in [7, 11) is 0. The molecule has 0 radical (unpaired) electrons. The molecule has 0 saturated carbocycles. The van der Waals surface area contributed by atoms with Gasteiger partial charge in [-0.2, -0.15) is 5.26 Å². The molecule has 0 unspecified atom stereocenters. The molecule has 2 rings (SSSR count). The van der Waals surface area contributed by atoms with E-state index in [0.29, 0.717) is 4.88 Å². The lowest BCUT2D eigenvalue weighted by molar-refractivity contribution is 1.29. The third kappa shape index (κ3) is 2.68. The first-order valence-electron chi connectivity index (χ1n) is 5.35. The zero-order chi connectivity index (χ0) is 12.3. The van der Waals surface area contributed by atoms with Crippen LogP contribution in [0.1, 0.15) is 16.8 Å². The summed E-state index contributed by atoms with van der Waals surface area (Å²) in [5.41, 5.74) is 1.83. The molecule has 0 bridgehead atoms. The van der Waals surface area contributed by atoms with Crippen molar-refractivity contribution in [3.05, 3.63) is 34.2 Å². The van der Waals surface area contributed by atoms with Crippen molar-refractivity contribution < 1.29 is 0 Å². The van der Waals surface area contributed by atoms with Crippen molar-refractivity contribution in [3.8, 4) is 17.3 Å². The van der Waals surface area contributed by atoms with Crippen molar-refractivity contribution in [2.45, 2.75) is 18.7 Å². The van der Waals surface area contributed by atoms with E-state index in [-0.39, 0.29) is 0 Å². The molecule has 0 atom stereocenters. The first-order valence-corrected chi connectivity index (χ1v) is 7.15. The SMILES string of the molecule is CCSc1ccc(-c2nc(C)sc2C#N)cc1. The summed E-state index contributed by atoms with van der Waals surface area (Å²) in [5, 5.41) is 9.98. The number of nitriles is 1. The van der Waals surface area contributed by atoms with E-state index >= 15 is 0 Å². The number of thiazole rings is 1. The number of nitrogens with zero attached hydrogens (tertiary/aromatic N) is 2. The highest BCUT2D eigenvalue weighted by Crippen LogP contribution is 2.29. The standard InChI is InChI=1S/C13H12N2S2/c1-3-16-11-6-4-10(5-7-11)13-12(8-14)17-9(2)15-13/h4-7H,3H2,1-2H3. The summed E-state index contributed by atoms with van der Waals surface area (Å²) >= 11 is 3.26. The molecule has 1 aromatic heterocycles. The van der Waals surface area contributed by atoms with Crippen LogP contribution in [0.2, 0.25) is 0 Å². The van der Waals surface area contributed by atoms with Gasteiger partial charge in [0.1, 0.15) is 10.9 Å². The van der Waals surface area contributed by atoms with E-state index in [0.717, 1.165) is 22.0 Å². The van der Waals surface area contributed by atoms with Gasteiger partial charge < -0.3 is 0 Å².